The van der Waals surface area contributed by atoms with Crippen LogP contribution in [0.3, 0.4) is 0 Å². The van der Waals surface area contributed by atoms with E-state index in [4.69, 9.17) is 11.6 Å². The van der Waals surface area contributed by atoms with E-state index in [0.29, 0.717) is 12.2 Å². The largest absolute Gasteiger partial charge is 0.348 e. The zero-order valence-electron chi connectivity index (χ0n) is 16.1. The second-order valence-electron chi connectivity index (χ2n) is 6.74. The molecule has 0 aliphatic heterocycles. The summed E-state index contributed by atoms with van der Waals surface area (Å²) in [7, 11) is -3.96. The van der Waals surface area contributed by atoms with Crippen molar-refractivity contribution in [2.45, 2.75) is 25.3 Å². The van der Waals surface area contributed by atoms with Crippen LogP contribution in [0.4, 0.5) is 5.69 Å². The first-order valence-corrected chi connectivity index (χ1v) is 10.8. The lowest BCUT2D eigenvalue weighted by Gasteiger charge is -2.13. The number of hydrogen-bond donors (Lipinski definition) is 2. The average Bonchev–Trinajstić information content (AvgIpc) is 2.69. The van der Waals surface area contributed by atoms with E-state index < -0.39 is 10.0 Å². The fraction of sp³-hybridized carbons (Fsp3) is 0.136. The van der Waals surface area contributed by atoms with Crippen LogP contribution in [-0.4, -0.2) is 14.3 Å². The topological polar surface area (TPSA) is 75.3 Å². The standard InChI is InChI=1S/C22H21ClN2O3S/c1-15-8-11-20(16(2)12-15)25-29(27,28)21-13-18(9-10-19(21)23)22(26)24-14-17-6-4-3-5-7-17/h3-13,25H,14H2,1-2H3,(H,24,26). The van der Waals surface area contributed by atoms with Gasteiger partial charge in [0, 0.05) is 12.1 Å². The Hall–Kier alpha value is -2.83. The Morgan fingerprint density at radius 1 is 0.966 bits per heavy atom. The van der Waals surface area contributed by atoms with Crippen LogP contribution < -0.4 is 10.0 Å². The molecule has 0 saturated carbocycles. The van der Waals surface area contributed by atoms with Gasteiger partial charge in [-0.15, -0.1) is 0 Å². The summed E-state index contributed by atoms with van der Waals surface area (Å²) in [5.41, 5.74) is 3.44. The van der Waals surface area contributed by atoms with Crippen LogP contribution >= 0.6 is 11.6 Å². The maximum absolute atomic E-state index is 12.9. The molecule has 0 heterocycles. The average molecular weight is 429 g/mol. The maximum atomic E-state index is 12.9. The Labute approximate surface area is 175 Å². The molecule has 0 unspecified atom stereocenters. The van der Waals surface area contributed by atoms with Crippen molar-refractivity contribution >= 4 is 33.2 Å². The third-order valence-electron chi connectivity index (χ3n) is 4.41. The minimum Gasteiger partial charge on any atom is -0.348 e. The fourth-order valence-electron chi connectivity index (χ4n) is 2.86. The molecule has 29 heavy (non-hydrogen) atoms. The van der Waals surface area contributed by atoms with E-state index >= 15 is 0 Å². The first kappa shape index (κ1) is 20.9. The monoisotopic (exact) mass is 428 g/mol. The van der Waals surface area contributed by atoms with Gasteiger partial charge in [-0.2, -0.15) is 0 Å². The van der Waals surface area contributed by atoms with E-state index in [9.17, 15) is 13.2 Å². The van der Waals surface area contributed by atoms with Crippen LogP contribution in [-0.2, 0) is 16.6 Å². The summed E-state index contributed by atoms with van der Waals surface area (Å²) in [6, 6.07) is 19.0. The molecule has 150 valence electrons. The highest BCUT2D eigenvalue weighted by molar-refractivity contribution is 7.92. The van der Waals surface area contributed by atoms with Gasteiger partial charge in [0.2, 0.25) is 0 Å². The molecule has 0 atom stereocenters. The number of anilines is 1. The van der Waals surface area contributed by atoms with Crippen molar-refractivity contribution in [1.82, 2.24) is 5.32 Å². The second-order valence-corrected chi connectivity index (χ2v) is 8.80. The summed E-state index contributed by atoms with van der Waals surface area (Å²) in [5.74, 6) is -0.381. The number of sulfonamides is 1. The van der Waals surface area contributed by atoms with Crippen molar-refractivity contribution in [2.75, 3.05) is 4.72 Å². The smallest absolute Gasteiger partial charge is 0.263 e. The molecule has 7 heteroatoms. The van der Waals surface area contributed by atoms with Crippen molar-refractivity contribution in [3.8, 4) is 0 Å². The number of carbonyl (C=O) groups excluding carboxylic acids is 1. The van der Waals surface area contributed by atoms with Crippen molar-refractivity contribution in [1.29, 1.82) is 0 Å². The third-order valence-corrected chi connectivity index (χ3v) is 6.25. The van der Waals surface area contributed by atoms with E-state index in [1.54, 1.807) is 6.07 Å². The van der Waals surface area contributed by atoms with Crippen molar-refractivity contribution in [3.63, 3.8) is 0 Å². The first-order valence-electron chi connectivity index (χ1n) is 8.98. The van der Waals surface area contributed by atoms with E-state index in [-0.39, 0.29) is 21.4 Å². The minimum atomic E-state index is -3.96. The van der Waals surface area contributed by atoms with Gasteiger partial charge < -0.3 is 5.32 Å². The quantitative estimate of drug-likeness (QED) is 0.598. The molecule has 0 aliphatic carbocycles. The fourth-order valence-corrected chi connectivity index (χ4v) is 4.52. The van der Waals surface area contributed by atoms with Gasteiger partial charge in [0.25, 0.3) is 15.9 Å². The Balaban J connectivity index is 1.83. The SMILES string of the molecule is Cc1ccc(NS(=O)(=O)c2cc(C(=O)NCc3ccccc3)ccc2Cl)c(C)c1. The van der Waals surface area contributed by atoms with E-state index in [0.717, 1.165) is 16.7 Å². The molecule has 0 aliphatic rings. The Morgan fingerprint density at radius 2 is 1.69 bits per heavy atom. The maximum Gasteiger partial charge on any atom is 0.263 e. The summed E-state index contributed by atoms with van der Waals surface area (Å²) < 4.78 is 28.3. The summed E-state index contributed by atoms with van der Waals surface area (Å²) in [6.45, 7) is 4.09. The number of aryl methyl sites for hydroxylation is 2. The Morgan fingerprint density at radius 3 is 2.38 bits per heavy atom. The van der Waals surface area contributed by atoms with Gasteiger partial charge in [0.15, 0.2) is 0 Å². The predicted octanol–water partition coefficient (Wildman–Crippen LogP) is 4.69. The van der Waals surface area contributed by atoms with Gasteiger partial charge in [-0.1, -0.05) is 59.6 Å². The number of nitrogens with one attached hydrogen (secondary N) is 2. The molecule has 0 aromatic heterocycles. The second kappa shape index (κ2) is 8.68. The van der Waals surface area contributed by atoms with Gasteiger partial charge in [-0.05, 0) is 49.2 Å². The van der Waals surface area contributed by atoms with Crippen LogP contribution in [0.15, 0.2) is 71.6 Å². The lowest BCUT2D eigenvalue weighted by molar-refractivity contribution is 0.0950. The number of carbonyl (C=O) groups is 1. The van der Waals surface area contributed by atoms with Crippen LogP contribution in [0.25, 0.3) is 0 Å². The molecule has 3 aromatic rings. The van der Waals surface area contributed by atoms with Crippen LogP contribution in [0.2, 0.25) is 5.02 Å². The summed E-state index contributed by atoms with van der Waals surface area (Å²) in [5, 5.41) is 2.82. The summed E-state index contributed by atoms with van der Waals surface area (Å²) >= 11 is 6.14. The molecule has 1 amide bonds. The normalized spacial score (nSPS) is 11.1. The Bertz CT molecular complexity index is 1150. The zero-order valence-corrected chi connectivity index (χ0v) is 17.6. The highest BCUT2D eigenvalue weighted by Gasteiger charge is 2.21. The molecule has 0 saturated heterocycles. The lowest BCUT2D eigenvalue weighted by Crippen LogP contribution is -2.23. The van der Waals surface area contributed by atoms with Crippen LogP contribution in [0.1, 0.15) is 27.0 Å². The van der Waals surface area contributed by atoms with Gasteiger partial charge in [0.05, 0.1) is 10.7 Å². The number of amides is 1. The number of benzene rings is 3. The zero-order chi connectivity index (χ0) is 21.0. The minimum absolute atomic E-state index is 0.0434. The first-order chi connectivity index (χ1) is 13.8. The predicted molar refractivity (Wildman–Crippen MR) is 116 cm³/mol. The van der Waals surface area contributed by atoms with Crippen molar-refractivity contribution in [2.24, 2.45) is 0 Å². The van der Waals surface area contributed by atoms with Crippen molar-refractivity contribution in [3.05, 3.63) is 94.0 Å². The molecular formula is C22H21ClN2O3S. The molecule has 0 radical (unpaired) electrons. The number of rotatable bonds is 6. The molecule has 3 rings (SSSR count). The molecule has 5 nitrogen and oxygen atoms in total. The third kappa shape index (κ3) is 5.16. The molecule has 0 spiro atoms. The highest BCUT2D eigenvalue weighted by Crippen LogP contribution is 2.26. The van der Waals surface area contributed by atoms with Gasteiger partial charge in [-0.3, -0.25) is 9.52 Å². The number of halogens is 1. The van der Waals surface area contributed by atoms with E-state index in [1.165, 1.54) is 18.2 Å². The van der Waals surface area contributed by atoms with Crippen LogP contribution in [0.5, 0.6) is 0 Å². The van der Waals surface area contributed by atoms with Gasteiger partial charge in [0.1, 0.15) is 4.90 Å². The summed E-state index contributed by atoms with van der Waals surface area (Å²) in [6.07, 6.45) is 0. The highest BCUT2D eigenvalue weighted by atomic mass is 35.5. The molecule has 3 aromatic carbocycles. The molecule has 0 bridgehead atoms. The number of hydrogen-bond acceptors (Lipinski definition) is 3. The summed E-state index contributed by atoms with van der Waals surface area (Å²) in [4.78, 5) is 12.3. The molecule has 2 N–H and O–H groups in total. The van der Waals surface area contributed by atoms with E-state index in [1.807, 2.05) is 56.3 Å². The van der Waals surface area contributed by atoms with Crippen LogP contribution in [0, 0.1) is 13.8 Å². The molecular weight excluding hydrogens is 408 g/mol. The Kier molecular flexibility index (Phi) is 6.25. The van der Waals surface area contributed by atoms with Gasteiger partial charge >= 0.3 is 0 Å². The van der Waals surface area contributed by atoms with Crippen molar-refractivity contribution < 1.29 is 13.2 Å². The molecule has 0 fully saturated rings. The van der Waals surface area contributed by atoms with Gasteiger partial charge in [-0.25, -0.2) is 8.42 Å². The lowest BCUT2D eigenvalue weighted by atomic mass is 10.1. The van der Waals surface area contributed by atoms with E-state index in [2.05, 4.69) is 10.0 Å².